The van der Waals surface area contributed by atoms with E-state index in [1.807, 2.05) is 31.2 Å². The van der Waals surface area contributed by atoms with Crippen LogP contribution in [0, 0.1) is 12.8 Å². The SMILES string of the molecule is CCOC(=O)C1CC1c1ccc(-c2ncn(-c3ccc(C)cc3)n2)cc1. The molecule has 1 saturated carbocycles. The molecular weight excluding hydrogens is 326 g/mol. The van der Waals surface area contributed by atoms with Gasteiger partial charge in [0.05, 0.1) is 18.2 Å². The number of ether oxygens (including phenoxy) is 1. The fraction of sp³-hybridized carbons (Fsp3) is 0.286. The maximum Gasteiger partial charge on any atom is 0.309 e. The van der Waals surface area contributed by atoms with Gasteiger partial charge >= 0.3 is 5.97 Å². The van der Waals surface area contributed by atoms with E-state index in [1.54, 1.807) is 11.0 Å². The third kappa shape index (κ3) is 3.25. The summed E-state index contributed by atoms with van der Waals surface area (Å²) in [4.78, 5) is 16.2. The van der Waals surface area contributed by atoms with Crippen LogP contribution in [-0.2, 0) is 9.53 Å². The molecule has 1 heterocycles. The summed E-state index contributed by atoms with van der Waals surface area (Å²) >= 11 is 0. The average molecular weight is 347 g/mol. The number of hydrogen-bond donors (Lipinski definition) is 0. The summed E-state index contributed by atoms with van der Waals surface area (Å²) in [5, 5.41) is 4.57. The van der Waals surface area contributed by atoms with Gasteiger partial charge < -0.3 is 4.74 Å². The van der Waals surface area contributed by atoms with E-state index in [2.05, 4.69) is 41.3 Å². The molecule has 1 aliphatic carbocycles. The van der Waals surface area contributed by atoms with Crippen molar-refractivity contribution in [3.8, 4) is 17.1 Å². The Hall–Kier alpha value is -2.95. The number of nitrogens with zero attached hydrogens (tertiary/aromatic N) is 3. The molecule has 0 N–H and O–H groups in total. The van der Waals surface area contributed by atoms with E-state index in [4.69, 9.17) is 4.74 Å². The zero-order valence-corrected chi connectivity index (χ0v) is 14.9. The number of aromatic nitrogens is 3. The van der Waals surface area contributed by atoms with Crippen molar-refractivity contribution in [1.82, 2.24) is 14.8 Å². The number of carbonyl (C=O) groups excluding carboxylic acids is 1. The van der Waals surface area contributed by atoms with Crippen LogP contribution in [0.1, 0.15) is 30.4 Å². The van der Waals surface area contributed by atoms with Crippen molar-refractivity contribution in [2.75, 3.05) is 6.61 Å². The Kier molecular flexibility index (Phi) is 4.29. The van der Waals surface area contributed by atoms with Crippen molar-refractivity contribution < 1.29 is 9.53 Å². The van der Waals surface area contributed by atoms with Crippen LogP contribution in [0.2, 0.25) is 0 Å². The summed E-state index contributed by atoms with van der Waals surface area (Å²) in [5.74, 6) is 0.899. The molecule has 0 saturated heterocycles. The molecule has 26 heavy (non-hydrogen) atoms. The third-order valence-corrected chi connectivity index (χ3v) is 4.77. The van der Waals surface area contributed by atoms with E-state index >= 15 is 0 Å². The van der Waals surface area contributed by atoms with Gasteiger partial charge in [-0.05, 0) is 43.9 Å². The lowest BCUT2D eigenvalue weighted by Gasteiger charge is -2.03. The van der Waals surface area contributed by atoms with Crippen molar-refractivity contribution >= 4 is 5.97 Å². The number of esters is 1. The molecule has 0 bridgehead atoms. The lowest BCUT2D eigenvalue weighted by Crippen LogP contribution is -2.07. The highest BCUT2D eigenvalue weighted by atomic mass is 16.5. The first-order valence-corrected chi connectivity index (χ1v) is 8.91. The number of rotatable bonds is 5. The minimum absolute atomic E-state index is 0.0136. The predicted molar refractivity (Wildman–Crippen MR) is 99.0 cm³/mol. The normalized spacial score (nSPS) is 18.5. The van der Waals surface area contributed by atoms with Crippen molar-refractivity contribution in [2.24, 2.45) is 5.92 Å². The van der Waals surface area contributed by atoms with Gasteiger partial charge in [-0.1, -0.05) is 42.0 Å². The number of carbonyl (C=O) groups is 1. The Balaban J connectivity index is 1.48. The quantitative estimate of drug-likeness (QED) is 0.657. The van der Waals surface area contributed by atoms with Gasteiger partial charge in [0.15, 0.2) is 5.82 Å². The molecule has 5 nitrogen and oxygen atoms in total. The molecule has 132 valence electrons. The summed E-state index contributed by atoms with van der Waals surface area (Å²) in [6, 6.07) is 16.3. The van der Waals surface area contributed by atoms with E-state index in [9.17, 15) is 4.79 Å². The summed E-state index contributed by atoms with van der Waals surface area (Å²) in [5.41, 5.74) is 4.34. The summed E-state index contributed by atoms with van der Waals surface area (Å²) in [7, 11) is 0. The van der Waals surface area contributed by atoms with Crippen LogP contribution in [0.15, 0.2) is 54.9 Å². The standard InChI is InChI=1S/C21H21N3O2/c1-3-26-21(25)19-12-18(19)15-6-8-16(9-7-15)20-22-13-24(23-20)17-10-4-14(2)5-11-17/h4-11,13,18-19H,3,12H2,1-2H3. The number of hydrogen-bond acceptors (Lipinski definition) is 4. The highest BCUT2D eigenvalue weighted by molar-refractivity contribution is 5.77. The van der Waals surface area contributed by atoms with Gasteiger partial charge in [-0.2, -0.15) is 0 Å². The van der Waals surface area contributed by atoms with Crippen molar-refractivity contribution in [3.05, 3.63) is 66.0 Å². The second-order valence-electron chi connectivity index (χ2n) is 6.67. The Morgan fingerprint density at radius 2 is 1.88 bits per heavy atom. The van der Waals surface area contributed by atoms with Crippen LogP contribution in [-0.4, -0.2) is 27.3 Å². The van der Waals surface area contributed by atoms with Gasteiger partial charge in [-0.3, -0.25) is 4.79 Å². The molecular formula is C21H21N3O2. The predicted octanol–water partition coefficient (Wildman–Crippen LogP) is 3.91. The summed E-state index contributed by atoms with van der Waals surface area (Å²) in [6.45, 7) is 4.34. The average Bonchev–Trinajstić information content (AvgIpc) is 3.32. The van der Waals surface area contributed by atoms with E-state index in [0.717, 1.165) is 17.7 Å². The van der Waals surface area contributed by atoms with E-state index in [1.165, 1.54) is 11.1 Å². The van der Waals surface area contributed by atoms with Crippen molar-refractivity contribution in [1.29, 1.82) is 0 Å². The highest BCUT2D eigenvalue weighted by Crippen LogP contribution is 2.48. The highest BCUT2D eigenvalue weighted by Gasteiger charge is 2.45. The number of benzene rings is 2. The molecule has 5 heteroatoms. The fourth-order valence-corrected chi connectivity index (χ4v) is 3.17. The second kappa shape index (κ2) is 6.75. The second-order valence-corrected chi connectivity index (χ2v) is 6.67. The Morgan fingerprint density at radius 3 is 2.58 bits per heavy atom. The van der Waals surface area contributed by atoms with Crippen molar-refractivity contribution in [3.63, 3.8) is 0 Å². The van der Waals surface area contributed by atoms with Crippen LogP contribution >= 0.6 is 0 Å². The van der Waals surface area contributed by atoms with Gasteiger partial charge in [-0.15, -0.1) is 5.10 Å². The molecule has 2 aromatic carbocycles. The Labute approximate surface area is 152 Å². The fourth-order valence-electron chi connectivity index (χ4n) is 3.17. The lowest BCUT2D eigenvalue weighted by molar-refractivity contribution is -0.144. The van der Waals surface area contributed by atoms with Crippen LogP contribution < -0.4 is 0 Å². The van der Waals surface area contributed by atoms with Gasteiger partial charge in [0.25, 0.3) is 0 Å². The minimum atomic E-state index is -0.0833. The third-order valence-electron chi connectivity index (χ3n) is 4.77. The minimum Gasteiger partial charge on any atom is -0.466 e. The van der Waals surface area contributed by atoms with Gasteiger partial charge in [0.2, 0.25) is 0 Å². The largest absolute Gasteiger partial charge is 0.466 e. The first-order valence-electron chi connectivity index (χ1n) is 8.91. The molecule has 0 spiro atoms. The molecule has 4 rings (SSSR count). The van der Waals surface area contributed by atoms with E-state index < -0.39 is 0 Å². The smallest absolute Gasteiger partial charge is 0.309 e. The Bertz CT molecular complexity index is 913. The molecule has 3 aromatic rings. The molecule has 2 atom stereocenters. The molecule has 0 aliphatic heterocycles. The van der Waals surface area contributed by atoms with Crippen LogP contribution in [0.5, 0.6) is 0 Å². The Morgan fingerprint density at radius 1 is 1.15 bits per heavy atom. The van der Waals surface area contributed by atoms with E-state index in [0.29, 0.717) is 12.4 Å². The van der Waals surface area contributed by atoms with Crippen molar-refractivity contribution in [2.45, 2.75) is 26.2 Å². The maximum absolute atomic E-state index is 11.8. The molecule has 0 amide bonds. The molecule has 1 fully saturated rings. The molecule has 2 unspecified atom stereocenters. The van der Waals surface area contributed by atoms with Crippen LogP contribution in [0.4, 0.5) is 0 Å². The zero-order chi connectivity index (χ0) is 18.1. The first-order chi connectivity index (χ1) is 12.7. The maximum atomic E-state index is 11.8. The lowest BCUT2D eigenvalue weighted by atomic mass is 10.1. The topological polar surface area (TPSA) is 57.0 Å². The van der Waals surface area contributed by atoms with Crippen LogP contribution in [0.3, 0.4) is 0 Å². The van der Waals surface area contributed by atoms with Gasteiger partial charge in [-0.25, -0.2) is 9.67 Å². The molecule has 1 aromatic heterocycles. The first kappa shape index (κ1) is 16.5. The molecule has 0 radical (unpaired) electrons. The monoisotopic (exact) mass is 347 g/mol. The summed E-state index contributed by atoms with van der Waals surface area (Å²) < 4.78 is 6.88. The van der Waals surface area contributed by atoms with E-state index in [-0.39, 0.29) is 17.8 Å². The van der Waals surface area contributed by atoms with Crippen LogP contribution in [0.25, 0.3) is 17.1 Å². The molecule has 1 aliphatic rings. The van der Waals surface area contributed by atoms with Gasteiger partial charge in [0, 0.05) is 5.56 Å². The zero-order valence-electron chi connectivity index (χ0n) is 14.9. The van der Waals surface area contributed by atoms with Gasteiger partial charge in [0.1, 0.15) is 6.33 Å². The summed E-state index contributed by atoms with van der Waals surface area (Å²) in [6.07, 6.45) is 2.60. The number of aryl methyl sites for hydroxylation is 1.